The Labute approximate surface area is 123 Å². The lowest BCUT2D eigenvalue weighted by Gasteiger charge is -2.15. The first-order chi connectivity index (χ1) is 9.49. The molecule has 1 aromatic rings. The van der Waals surface area contributed by atoms with Gasteiger partial charge in [0.25, 0.3) is 0 Å². The lowest BCUT2D eigenvalue weighted by Crippen LogP contribution is -2.30. The second-order valence-electron chi connectivity index (χ2n) is 4.55. The van der Waals surface area contributed by atoms with E-state index in [1.807, 2.05) is 0 Å². The van der Waals surface area contributed by atoms with E-state index in [0.29, 0.717) is 19.4 Å². The molecular weight excluding hydrogens is 302 g/mol. The fourth-order valence-electron chi connectivity index (χ4n) is 2.05. The van der Waals surface area contributed by atoms with E-state index < -0.39 is 10.0 Å². The highest BCUT2D eigenvalue weighted by Crippen LogP contribution is 2.13. The van der Waals surface area contributed by atoms with Gasteiger partial charge in [-0.05, 0) is 25.0 Å². The summed E-state index contributed by atoms with van der Waals surface area (Å²) in [5, 5.41) is 0.135. The van der Waals surface area contributed by atoms with Gasteiger partial charge in [0.1, 0.15) is 5.15 Å². The number of pyridine rings is 1. The molecule has 0 bridgehead atoms. The van der Waals surface area contributed by atoms with Gasteiger partial charge in [0.05, 0.1) is 4.90 Å². The van der Waals surface area contributed by atoms with Crippen molar-refractivity contribution in [3.63, 3.8) is 0 Å². The largest absolute Gasteiger partial charge is 0.343 e. The van der Waals surface area contributed by atoms with Crippen molar-refractivity contribution in [2.24, 2.45) is 0 Å². The summed E-state index contributed by atoms with van der Waals surface area (Å²) in [6.07, 6.45) is 3.42. The third-order valence-corrected chi connectivity index (χ3v) is 4.74. The van der Waals surface area contributed by atoms with Crippen LogP contribution in [0, 0.1) is 0 Å². The molecule has 1 fully saturated rings. The molecule has 0 radical (unpaired) electrons. The lowest BCUT2D eigenvalue weighted by atomic mass is 10.4. The van der Waals surface area contributed by atoms with Crippen LogP contribution in [0.2, 0.25) is 5.15 Å². The molecule has 1 aliphatic heterocycles. The van der Waals surface area contributed by atoms with Crippen molar-refractivity contribution >= 4 is 27.5 Å². The number of rotatable bonds is 6. The topological polar surface area (TPSA) is 79.4 Å². The van der Waals surface area contributed by atoms with E-state index in [-0.39, 0.29) is 22.5 Å². The molecule has 1 amide bonds. The van der Waals surface area contributed by atoms with Gasteiger partial charge >= 0.3 is 0 Å². The summed E-state index contributed by atoms with van der Waals surface area (Å²) in [4.78, 5) is 17.0. The molecule has 1 aromatic heterocycles. The number of aromatic nitrogens is 1. The Morgan fingerprint density at radius 3 is 2.90 bits per heavy atom. The van der Waals surface area contributed by atoms with E-state index in [0.717, 1.165) is 13.0 Å². The normalized spacial score (nSPS) is 15.8. The molecule has 2 heterocycles. The lowest BCUT2D eigenvalue weighted by molar-refractivity contribution is -0.127. The summed E-state index contributed by atoms with van der Waals surface area (Å²) in [7, 11) is -3.57. The van der Waals surface area contributed by atoms with E-state index in [4.69, 9.17) is 11.6 Å². The quantitative estimate of drug-likeness (QED) is 0.627. The number of carbonyl (C=O) groups is 1. The van der Waals surface area contributed by atoms with Crippen LogP contribution in [0.25, 0.3) is 0 Å². The van der Waals surface area contributed by atoms with Gasteiger partial charge in [-0.25, -0.2) is 18.1 Å². The summed E-state index contributed by atoms with van der Waals surface area (Å²) in [5.41, 5.74) is 0. The van der Waals surface area contributed by atoms with Gasteiger partial charge < -0.3 is 4.90 Å². The molecular formula is C12H16ClN3O3S. The SMILES string of the molecule is O=C1CCCN1CCCNS(=O)(=O)c1ccnc(Cl)c1. The van der Waals surface area contributed by atoms with Gasteiger partial charge in [0.2, 0.25) is 15.9 Å². The van der Waals surface area contributed by atoms with Gasteiger partial charge in [0.15, 0.2) is 0 Å². The number of nitrogens with one attached hydrogen (secondary N) is 1. The number of likely N-dealkylation sites (tertiary alicyclic amines) is 1. The third-order valence-electron chi connectivity index (χ3n) is 3.08. The Hall–Kier alpha value is -1.18. The molecule has 110 valence electrons. The molecule has 0 aliphatic carbocycles. The average molecular weight is 318 g/mol. The standard InChI is InChI=1S/C12H16ClN3O3S/c13-11-9-10(4-6-14-11)20(18,19)15-5-2-8-16-7-1-3-12(16)17/h4,6,9,15H,1-3,5,7-8H2. The smallest absolute Gasteiger partial charge is 0.240 e. The van der Waals surface area contributed by atoms with Crippen molar-refractivity contribution < 1.29 is 13.2 Å². The van der Waals surface area contributed by atoms with Crippen LogP contribution in [0.3, 0.4) is 0 Å². The molecule has 0 aromatic carbocycles. The fraction of sp³-hybridized carbons (Fsp3) is 0.500. The number of hydrogen-bond acceptors (Lipinski definition) is 4. The minimum atomic E-state index is -3.57. The first kappa shape index (κ1) is 15.2. The van der Waals surface area contributed by atoms with E-state index in [9.17, 15) is 13.2 Å². The first-order valence-electron chi connectivity index (χ1n) is 6.38. The van der Waals surface area contributed by atoms with Crippen molar-refractivity contribution in [1.82, 2.24) is 14.6 Å². The average Bonchev–Trinajstić information content (AvgIpc) is 2.80. The molecule has 0 atom stereocenters. The Morgan fingerprint density at radius 2 is 2.25 bits per heavy atom. The Kier molecular flexibility index (Phi) is 4.95. The molecule has 0 saturated carbocycles. The Balaban J connectivity index is 1.82. The molecule has 1 saturated heterocycles. The van der Waals surface area contributed by atoms with Crippen LogP contribution in [0.5, 0.6) is 0 Å². The Bertz CT molecular complexity index is 591. The molecule has 1 N–H and O–H groups in total. The van der Waals surface area contributed by atoms with Crippen LogP contribution in [-0.4, -0.2) is 43.8 Å². The van der Waals surface area contributed by atoms with Crippen LogP contribution >= 0.6 is 11.6 Å². The zero-order valence-corrected chi connectivity index (χ0v) is 12.5. The monoisotopic (exact) mass is 317 g/mol. The van der Waals surface area contributed by atoms with Crippen LogP contribution in [-0.2, 0) is 14.8 Å². The third kappa shape index (κ3) is 3.91. The highest BCUT2D eigenvalue weighted by atomic mass is 35.5. The van der Waals surface area contributed by atoms with Crippen molar-refractivity contribution in [1.29, 1.82) is 0 Å². The maximum Gasteiger partial charge on any atom is 0.240 e. The summed E-state index contributed by atoms with van der Waals surface area (Å²) in [5.74, 6) is 0.147. The molecule has 0 spiro atoms. The highest BCUT2D eigenvalue weighted by Gasteiger charge is 2.19. The van der Waals surface area contributed by atoms with Gasteiger partial charge in [-0.2, -0.15) is 0 Å². The summed E-state index contributed by atoms with van der Waals surface area (Å²) in [6, 6.07) is 2.69. The Morgan fingerprint density at radius 1 is 1.45 bits per heavy atom. The number of nitrogens with zero attached hydrogens (tertiary/aromatic N) is 2. The predicted octanol–water partition coefficient (Wildman–Crippen LogP) is 1.03. The van der Waals surface area contributed by atoms with E-state index in [2.05, 4.69) is 9.71 Å². The summed E-state index contributed by atoms with van der Waals surface area (Å²) < 4.78 is 26.4. The van der Waals surface area contributed by atoms with Crippen LogP contribution < -0.4 is 4.72 Å². The predicted molar refractivity (Wildman–Crippen MR) is 74.9 cm³/mol. The van der Waals surface area contributed by atoms with Gasteiger partial charge in [0, 0.05) is 32.3 Å². The van der Waals surface area contributed by atoms with E-state index in [1.54, 1.807) is 4.90 Å². The van der Waals surface area contributed by atoms with Gasteiger partial charge in [-0.1, -0.05) is 11.6 Å². The number of hydrogen-bond donors (Lipinski definition) is 1. The van der Waals surface area contributed by atoms with Gasteiger partial charge in [-0.15, -0.1) is 0 Å². The van der Waals surface area contributed by atoms with Crippen LogP contribution in [0.1, 0.15) is 19.3 Å². The number of halogens is 1. The zero-order chi connectivity index (χ0) is 14.6. The van der Waals surface area contributed by atoms with Crippen LogP contribution in [0.4, 0.5) is 0 Å². The summed E-state index contributed by atoms with van der Waals surface area (Å²) >= 11 is 5.67. The number of carbonyl (C=O) groups excluding carboxylic acids is 1. The maximum atomic E-state index is 12.0. The minimum absolute atomic E-state index is 0.0924. The molecule has 0 unspecified atom stereocenters. The van der Waals surface area contributed by atoms with Crippen molar-refractivity contribution in [3.8, 4) is 0 Å². The van der Waals surface area contributed by atoms with E-state index >= 15 is 0 Å². The van der Waals surface area contributed by atoms with Crippen molar-refractivity contribution in [2.75, 3.05) is 19.6 Å². The van der Waals surface area contributed by atoms with Crippen molar-refractivity contribution in [2.45, 2.75) is 24.2 Å². The van der Waals surface area contributed by atoms with Crippen LogP contribution in [0.15, 0.2) is 23.2 Å². The van der Waals surface area contributed by atoms with Gasteiger partial charge in [-0.3, -0.25) is 4.79 Å². The van der Waals surface area contributed by atoms with E-state index in [1.165, 1.54) is 18.3 Å². The first-order valence-corrected chi connectivity index (χ1v) is 8.24. The number of sulfonamides is 1. The molecule has 6 nitrogen and oxygen atoms in total. The summed E-state index contributed by atoms with van der Waals surface area (Å²) in [6.45, 7) is 1.63. The number of amides is 1. The van der Waals surface area contributed by atoms with Crippen molar-refractivity contribution in [3.05, 3.63) is 23.5 Å². The maximum absolute atomic E-state index is 12.0. The molecule has 8 heteroatoms. The zero-order valence-electron chi connectivity index (χ0n) is 10.9. The second kappa shape index (κ2) is 6.51. The molecule has 20 heavy (non-hydrogen) atoms. The second-order valence-corrected chi connectivity index (χ2v) is 6.70. The highest BCUT2D eigenvalue weighted by molar-refractivity contribution is 7.89. The molecule has 1 aliphatic rings. The molecule has 2 rings (SSSR count). The fourth-order valence-corrected chi connectivity index (χ4v) is 3.38. The minimum Gasteiger partial charge on any atom is -0.343 e.